The maximum Gasteiger partial charge on any atom is 0.278 e. The highest BCUT2D eigenvalue weighted by Gasteiger charge is 2.27. The summed E-state index contributed by atoms with van der Waals surface area (Å²) in [5.74, 6) is -0.106. The highest BCUT2D eigenvalue weighted by atomic mass is 16.6. The molecule has 31 heavy (non-hydrogen) atoms. The number of aromatic hydroxyl groups is 1. The molecule has 0 saturated heterocycles. The van der Waals surface area contributed by atoms with E-state index in [0.717, 1.165) is 18.7 Å². The zero-order valence-corrected chi connectivity index (χ0v) is 18.5. The zero-order valence-electron chi connectivity index (χ0n) is 18.5. The molecule has 0 aromatic heterocycles. The molecule has 2 rings (SSSR count). The summed E-state index contributed by atoms with van der Waals surface area (Å²) in [6, 6.07) is 11.2. The Hall–Kier alpha value is -3.42. The number of carbonyl (C=O) groups excluding carboxylic acids is 1. The Balaban J connectivity index is 1.91. The molecule has 2 N–H and O–H groups in total. The second-order valence-corrected chi connectivity index (χ2v) is 9.23. The number of hydrogen-bond acceptors (Lipinski definition) is 6. The summed E-state index contributed by atoms with van der Waals surface area (Å²) in [6.45, 7) is 10.8. The van der Waals surface area contributed by atoms with Crippen molar-refractivity contribution in [2.45, 2.75) is 46.5 Å². The number of nitrogens with one attached hydrogen (secondary N) is 1. The minimum Gasteiger partial charge on any atom is -0.508 e. The molecule has 0 atom stereocenters. The first-order chi connectivity index (χ1) is 14.4. The van der Waals surface area contributed by atoms with Gasteiger partial charge >= 0.3 is 0 Å². The number of hydrazone groups is 1. The lowest BCUT2D eigenvalue weighted by atomic mass is 9.72. The Labute approximate surface area is 182 Å². The molecule has 0 saturated carbocycles. The number of phenols is 1. The van der Waals surface area contributed by atoms with Crippen LogP contribution in [0.2, 0.25) is 0 Å². The van der Waals surface area contributed by atoms with E-state index < -0.39 is 10.8 Å². The molecule has 166 valence electrons. The van der Waals surface area contributed by atoms with Crippen molar-refractivity contribution in [3.8, 4) is 11.5 Å². The van der Waals surface area contributed by atoms with Crippen LogP contribution in [0.1, 0.15) is 52.2 Å². The van der Waals surface area contributed by atoms with Crippen LogP contribution < -0.4 is 10.2 Å². The lowest BCUT2D eigenvalue weighted by molar-refractivity contribution is -0.385. The first-order valence-corrected chi connectivity index (χ1v) is 9.90. The van der Waals surface area contributed by atoms with Gasteiger partial charge in [0.05, 0.1) is 16.7 Å². The molecule has 2 aromatic carbocycles. The van der Waals surface area contributed by atoms with Gasteiger partial charge in [0, 0.05) is 6.07 Å². The normalized spacial score (nSPS) is 12.0. The van der Waals surface area contributed by atoms with Gasteiger partial charge in [-0.05, 0) is 47.1 Å². The van der Waals surface area contributed by atoms with E-state index in [2.05, 4.69) is 45.1 Å². The quantitative estimate of drug-likeness (QED) is 0.365. The second kappa shape index (κ2) is 9.59. The van der Waals surface area contributed by atoms with Crippen LogP contribution in [0, 0.1) is 15.5 Å². The molecular formula is C23H29N3O5. The molecule has 2 aromatic rings. The Morgan fingerprint density at radius 3 is 2.39 bits per heavy atom. The van der Waals surface area contributed by atoms with Gasteiger partial charge in [-0.3, -0.25) is 14.9 Å². The van der Waals surface area contributed by atoms with Crippen molar-refractivity contribution in [1.82, 2.24) is 5.43 Å². The van der Waals surface area contributed by atoms with Crippen LogP contribution >= 0.6 is 0 Å². The number of benzene rings is 2. The monoisotopic (exact) mass is 427 g/mol. The van der Waals surface area contributed by atoms with Gasteiger partial charge in [0.15, 0.2) is 6.61 Å². The molecule has 0 aliphatic heterocycles. The molecular weight excluding hydrogens is 398 g/mol. The first-order valence-electron chi connectivity index (χ1n) is 9.90. The summed E-state index contributed by atoms with van der Waals surface area (Å²) >= 11 is 0. The van der Waals surface area contributed by atoms with Crippen LogP contribution in [0.15, 0.2) is 47.6 Å². The molecule has 1 amide bonds. The SMILES string of the molecule is CC(C)(C)CC(C)(C)c1ccc(OCC(=O)NN=Cc2cc(O)ccc2[N+](=O)[O-])cc1. The topological polar surface area (TPSA) is 114 Å². The lowest BCUT2D eigenvalue weighted by Gasteiger charge is -2.33. The molecule has 0 bridgehead atoms. The number of hydrogen-bond donors (Lipinski definition) is 2. The van der Waals surface area contributed by atoms with E-state index in [-0.39, 0.29) is 34.4 Å². The predicted octanol–water partition coefficient (Wildman–Crippen LogP) is 4.54. The van der Waals surface area contributed by atoms with E-state index in [0.29, 0.717) is 5.75 Å². The third-order valence-electron chi connectivity index (χ3n) is 4.58. The Morgan fingerprint density at radius 1 is 1.16 bits per heavy atom. The van der Waals surface area contributed by atoms with Gasteiger partial charge < -0.3 is 9.84 Å². The smallest absolute Gasteiger partial charge is 0.278 e. The second-order valence-electron chi connectivity index (χ2n) is 9.23. The van der Waals surface area contributed by atoms with Crippen LogP contribution in [-0.4, -0.2) is 28.8 Å². The molecule has 0 aliphatic rings. The molecule has 0 fully saturated rings. The molecule has 0 spiro atoms. The molecule has 0 heterocycles. The fourth-order valence-corrected chi connectivity index (χ4v) is 3.60. The summed E-state index contributed by atoms with van der Waals surface area (Å²) in [5.41, 5.74) is 3.49. The van der Waals surface area contributed by atoms with Crippen molar-refractivity contribution < 1.29 is 19.6 Å². The van der Waals surface area contributed by atoms with Crippen LogP contribution in [0.3, 0.4) is 0 Å². The summed E-state index contributed by atoms with van der Waals surface area (Å²) in [5, 5.41) is 24.2. The van der Waals surface area contributed by atoms with Gasteiger partial charge in [0.2, 0.25) is 0 Å². The number of amides is 1. The number of rotatable bonds is 8. The maximum atomic E-state index is 11.9. The van der Waals surface area contributed by atoms with Gasteiger partial charge in [0.1, 0.15) is 11.5 Å². The molecule has 0 aliphatic carbocycles. The van der Waals surface area contributed by atoms with Gasteiger partial charge in [-0.2, -0.15) is 5.10 Å². The minimum absolute atomic E-state index is 0.0113. The van der Waals surface area contributed by atoms with Gasteiger partial charge in [-0.25, -0.2) is 5.43 Å². The maximum absolute atomic E-state index is 11.9. The highest BCUT2D eigenvalue weighted by molar-refractivity contribution is 5.87. The summed E-state index contributed by atoms with van der Waals surface area (Å²) in [7, 11) is 0. The summed E-state index contributed by atoms with van der Waals surface area (Å²) < 4.78 is 5.49. The Kier molecular flexibility index (Phi) is 7.38. The van der Waals surface area contributed by atoms with E-state index in [1.807, 2.05) is 24.3 Å². The van der Waals surface area contributed by atoms with Crippen molar-refractivity contribution in [2.24, 2.45) is 10.5 Å². The van der Waals surface area contributed by atoms with E-state index in [4.69, 9.17) is 4.74 Å². The van der Waals surface area contributed by atoms with Crippen molar-refractivity contribution >= 4 is 17.8 Å². The van der Waals surface area contributed by atoms with Crippen molar-refractivity contribution in [2.75, 3.05) is 6.61 Å². The third kappa shape index (κ3) is 7.40. The fraction of sp³-hybridized carbons (Fsp3) is 0.391. The Bertz CT molecular complexity index is 960. The molecule has 0 unspecified atom stereocenters. The molecule has 8 nitrogen and oxygen atoms in total. The van der Waals surface area contributed by atoms with Crippen LogP contribution in [-0.2, 0) is 10.2 Å². The van der Waals surface area contributed by atoms with E-state index >= 15 is 0 Å². The van der Waals surface area contributed by atoms with Crippen molar-refractivity contribution in [3.63, 3.8) is 0 Å². The van der Waals surface area contributed by atoms with Gasteiger partial charge in [-0.1, -0.05) is 46.8 Å². The summed E-state index contributed by atoms with van der Waals surface area (Å²) in [6.07, 6.45) is 2.12. The number of nitro groups is 1. The number of ether oxygens (including phenoxy) is 1. The minimum atomic E-state index is -0.599. The van der Waals surface area contributed by atoms with E-state index in [9.17, 15) is 20.0 Å². The van der Waals surface area contributed by atoms with Crippen molar-refractivity contribution in [3.05, 3.63) is 63.7 Å². The van der Waals surface area contributed by atoms with E-state index in [1.165, 1.54) is 17.7 Å². The standard InChI is InChI=1S/C23H29N3O5/c1-22(2,3)15-23(4,5)17-6-9-19(10-7-17)31-14-21(28)25-24-13-16-12-18(27)8-11-20(16)26(29)30/h6-13,27H,14-15H2,1-5H3,(H,25,28). The number of nitrogens with zero attached hydrogens (tertiary/aromatic N) is 2. The first kappa shape index (κ1) is 23.9. The van der Waals surface area contributed by atoms with Crippen LogP contribution in [0.5, 0.6) is 11.5 Å². The third-order valence-corrected chi connectivity index (χ3v) is 4.58. The zero-order chi connectivity index (χ0) is 23.2. The molecule has 8 heteroatoms. The van der Waals surface area contributed by atoms with E-state index in [1.54, 1.807) is 0 Å². The van der Waals surface area contributed by atoms with Gasteiger partial charge in [0.25, 0.3) is 11.6 Å². The van der Waals surface area contributed by atoms with Crippen molar-refractivity contribution in [1.29, 1.82) is 0 Å². The largest absolute Gasteiger partial charge is 0.508 e. The number of nitro benzene ring substituents is 1. The average molecular weight is 428 g/mol. The molecule has 0 radical (unpaired) electrons. The lowest BCUT2D eigenvalue weighted by Crippen LogP contribution is -2.25. The highest BCUT2D eigenvalue weighted by Crippen LogP contribution is 2.36. The van der Waals surface area contributed by atoms with Gasteiger partial charge in [-0.15, -0.1) is 0 Å². The summed E-state index contributed by atoms with van der Waals surface area (Å²) in [4.78, 5) is 22.3. The Morgan fingerprint density at radius 2 is 1.81 bits per heavy atom. The predicted molar refractivity (Wildman–Crippen MR) is 120 cm³/mol. The number of phenolic OH excluding ortho intramolecular Hbond substituents is 1. The van der Waals surface area contributed by atoms with Crippen LogP contribution in [0.25, 0.3) is 0 Å². The fourth-order valence-electron chi connectivity index (χ4n) is 3.60. The number of carbonyl (C=O) groups is 1. The van der Waals surface area contributed by atoms with Crippen LogP contribution in [0.4, 0.5) is 5.69 Å². The average Bonchev–Trinajstić information content (AvgIpc) is 2.64.